The summed E-state index contributed by atoms with van der Waals surface area (Å²) in [5.74, 6) is 0. The normalized spacial score (nSPS) is 16.0. The lowest BCUT2D eigenvalue weighted by molar-refractivity contribution is 0.180. The van der Waals surface area contributed by atoms with Crippen LogP contribution < -0.4 is 15.7 Å². The Bertz CT molecular complexity index is 1640. The average molecular weight is 635 g/mol. The Labute approximate surface area is 274 Å². The summed E-state index contributed by atoms with van der Waals surface area (Å²) >= 11 is 6.49. The number of hydrogen-bond acceptors (Lipinski definition) is 6. The van der Waals surface area contributed by atoms with E-state index in [0.29, 0.717) is 43.0 Å². The van der Waals surface area contributed by atoms with Crippen molar-refractivity contribution in [1.29, 1.82) is 0 Å². The van der Waals surface area contributed by atoms with Crippen LogP contribution in [-0.4, -0.2) is 42.0 Å². The predicted molar refractivity (Wildman–Crippen MR) is 186 cm³/mol. The number of benzene rings is 1. The molecule has 1 aliphatic heterocycles. The highest BCUT2D eigenvalue weighted by molar-refractivity contribution is 6.30. The molecule has 8 heteroatoms. The summed E-state index contributed by atoms with van der Waals surface area (Å²) in [6.45, 7) is 12.9. The second-order valence-electron chi connectivity index (χ2n) is 12.5. The van der Waals surface area contributed by atoms with Crippen molar-refractivity contribution < 1.29 is 9.47 Å². The molecule has 0 radical (unpaired) electrons. The van der Waals surface area contributed by atoms with E-state index >= 15 is 0 Å². The van der Waals surface area contributed by atoms with Crippen LogP contribution in [0.5, 0.6) is 0 Å². The summed E-state index contributed by atoms with van der Waals surface area (Å²) in [6, 6.07) is 6.28. The number of hydrogen-bond donors (Lipinski definition) is 0. The molecule has 0 aliphatic carbocycles. The quantitative estimate of drug-likeness (QED) is 0.152. The second-order valence-corrected chi connectivity index (χ2v) is 12.9. The van der Waals surface area contributed by atoms with Gasteiger partial charge >= 0.3 is 0 Å². The van der Waals surface area contributed by atoms with Gasteiger partial charge in [0.15, 0.2) is 5.65 Å². The van der Waals surface area contributed by atoms with Gasteiger partial charge in [0.05, 0.1) is 24.6 Å². The molecule has 7 nitrogen and oxygen atoms in total. The number of allylic oxidation sites excluding steroid dienone is 4. The van der Waals surface area contributed by atoms with Gasteiger partial charge in [-0.25, -0.2) is 4.98 Å². The molecular formula is C37H51ClN4O3. The van der Waals surface area contributed by atoms with Crippen LogP contribution >= 0.6 is 11.6 Å². The lowest BCUT2D eigenvalue weighted by Crippen LogP contribution is -2.27. The number of unbranched alkanes of at least 4 members (excludes halogenated alkanes) is 4. The third kappa shape index (κ3) is 7.70. The van der Waals surface area contributed by atoms with Crippen molar-refractivity contribution in [3.8, 4) is 0 Å². The predicted octanol–water partition coefficient (Wildman–Crippen LogP) is 7.52. The Morgan fingerprint density at radius 1 is 1.00 bits per heavy atom. The number of ether oxygens (including phenoxy) is 2. The van der Waals surface area contributed by atoms with Crippen LogP contribution in [0.25, 0.3) is 11.7 Å². The molecule has 0 spiro atoms. The largest absolute Gasteiger partial charge is 0.384 e. The first kappa shape index (κ1) is 34.9. The molecule has 0 N–H and O–H groups in total. The monoisotopic (exact) mass is 634 g/mol. The zero-order chi connectivity index (χ0) is 32.6. The van der Waals surface area contributed by atoms with Crippen LogP contribution in [0.15, 0.2) is 46.4 Å². The van der Waals surface area contributed by atoms with Crippen molar-refractivity contribution in [1.82, 2.24) is 14.6 Å². The van der Waals surface area contributed by atoms with E-state index in [1.165, 1.54) is 40.7 Å². The van der Waals surface area contributed by atoms with Gasteiger partial charge in [0.25, 0.3) is 5.56 Å². The van der Waals surface area contributed by atoms with E-state index < -0.39 is 0 Å². The molecule has 4 rings (SSSR count). The van der Waals surface area contributed by atoms with Gasteiger partial charge in [-0.3, -0.25) is 4.79 Å². The SMILES string of the molecule is CCCCCCN1C(=CC=C(C=c2c(CCOC)nn3c(=O)c(CCCC)c(COC)nc23)CC)C(C)(C)c2cc(Cl)ccc21. The van der Waals surface area contributed by atoms with Gasteiger partial charge in [-0.2, -0.15) is 9.61 Å². The summed E-state index contributed by atoms with van der Waals surface area (Å²) in [5.41, 5.74) is 7.36. The first-order valence-electron chi connectivity index (χ1n) is 16.6. The van der Waals surface area contributed by atoms with Crippen molar-refractivity contribution in [2.75, 3.05) is 32.3 Å². The van der Waals surface area contributed by atoms with Gasteiger partial charge in [0.2, 0.25) is 0 Å². The second kappa shape index (κ2) is 16.0. The van der Waals surface area contributed by atoms with Gasteiger partial charge in [-0.15, -0.1) is 0 Å². The van der Waals surface area contributed by atoms with E-state index in [2.05, 4.69) is 69.9 Å². The number of halogens is 1. The minimum atomic E-state index is -0.197. The molecular weight excluding hydrogens is 584 g/mol. The van der Waals surface area contributed by atoms with E-state index in [0.717, 1.165) is 53.7 Å². The molecule has 0 atom stereocenters. The molecule has 0 amide bonds. The average Bonchev–Trinajstić information content (AvgIpc) is 3.46. The first-order chi connectivity index (χ1) is 21.7. The van der Waals surface area contributed by atoms with Gasteiger partial charge in [-0.1, -0.05) is 78.0 Å². The summed E-state index contributed by atoms with van der Waals surface area (Å²) in [4.78, 5) is 21.2. The zero-order valence-corrected chi connectivity index (χ0v) is 29.1. The molecule has 0 fully saturated rings. The molecule has 45 heavy (non-hydrogen) atoms. The van der Waals surface area contributed by atoms with Crippen molar-refractivity contribution in [2.24, 2.45) is 0 Å². The topological polar surface area (TPSA) is 69.0 Å². The third-order valence-corrected chi connectivity index (χ3v) is 9.13. The van der Waals surface area contributed by atoms with Crippen LogP contribution in [0.4, 0.5) is 5.69 Å². The molecule has 2 aromatic heterocycles. The fourth-order valence-corrected chi connectivity index (χ4v) is 6.45. The Morgan fingerprint density at radius 3 is 2.47 bits per heavy atom. The van der Waals surface area contributed by atoms with Crippen LogP contribution in [-0.2, 0) is 34.3 Å². The summed E-state index contributed by atoms with van der Waals surface area (Å²) in [5, 5.41) is 6.42. The maximum atomic E-state index is 13.7. The Kier molecular flexibility index (Phi) is 12.4. The number of nitrogens with zero attached hydrogens (tertiary/aromatic N) is 4. The van der Waals surface area contributed by atoms with Crippen LogP contribution in [0.3, 0.4) is 0 Å². The molecule has 244 valence electrons. The Balaban J connectivity index is 1.86. The van der Waals surface area contributed by atoms with E-state index in [-0.39, 0.29) is 11.0 Å². The standard InChI is InChI=1S/C37H51ClN4O3/c1-8-11-13-14-21-41-33-18-17-27(38)24-30(33)37(4,5)34(41)19-16-26(10-3)23-29-31(20-22-44-6)40-42-35(29)39-32(25-45-7)28(36(42)43)15-12-9-2/h16-19,23-24H,8-15,20-22,25H2,1-7H3. The summed E-state index contributed by atoms with van der Waals surface area (Å²) in [6.07, 6.45) is 15.4. The van der Waals surface area contributed by atoms with Gasteiger partial charge in [-0.05, 0) is 67.2 Å². The lowest BCUT2D eigenvalue weighted by Gasteiger charge is -2.27. The number of rotatable bonds is 16. The highest BCUT2D eigenvalue weighted by Gasteiger charge is 2.39. The first-order valence-corrected chi connectivity index (χ1v) is 17.0. The van der Waals surface area contributed by atoms with E-state index in [9.17, 15) is 4.79 Å². The van der Waals surface area contributed by atoms with Crippen LogP contribution in [0.1, 0.15) is 102 Å². The molecule has 3 heterocycles. The Morgan fingerprint density at radius 2 is 1.78 bits per heavy atom. The zero-order valence-electron chi connectivity index (χ0n) is 28.3. The maximum Gasteiger partial charge on any atom is 0.278 e. The van der Waals surface area contributed by atoms with E-state index in [1.54, 1.807) is 14.2 Å². The number of methoxy groups -OCH3 is 2. The highest BCUT2D eigenvalue weighted by atomic mass is 35.5. The minimum Gasteiger partial charge on any atom is -0.384 e. The molecule has 0 bridgehead atoms. The number of anilines is 1. The van der Waals surface area contributed by atoms with Gasteiger partial charge in [0, 0.05) is 59.8 Å². The smallest absolute Gasteiger partial charge is 0.278 e. The molecule has 0 unspecified atom stereocenters. The lowest BCUT2D eigenvalue weighted by atomic mass is 9.83. The van der Waals surface area contributed by atoms with E-state index in [1.807, 2.05) is 6.07 Å². The van der Waals surface area contributed by atoms with Crippen molar-refractivity contribution in [2.45, 2.75) is 104 Å². The van der Waals surface area contributed by atoms with Crippen LogP contribution in [0, 0.1) is 0 Å². The minimum absolute atomic E-state index is 0.106. The molecule has 1 aromatic carbocycles. The van der Waals surface area contributed by atoms with Gasteiger partial charge in [0.1, 0.15) is 0 Å². The van der Waals surface area contributed by atoms with E-state index in [4.69, 9.17) is 31.2 Å². The van der Waals surface area contributed by atoms with Crippen LogP contribution in [0.2, 0.25) is 5.02 Å². The fraction of sp³-hybridized carbons (Fsp3) is 0.541. The molecule has 3 aromatic rings. The fourth-order valence-electron chi connectivity index (χ4n) is 6.28. The Hall–Kier alpha value is -3.00. The molecule has 1 aliphatic rings. The van der Waals surface area contributed by atoms with Gasteiger partial charge < -0.3 is 14.4 Å². The molecule has 0 saturated heterocycles. The van der Waals surface area contributed by atoms with Crippen molar-refractivity contribution >= 4 is 29.0 Å². The summed E-state index contributed by atoms with van der Waals surface area (Å²) in [7, 11) is 3.32. The number of fused-ring (bicyclic) bond motifs is 2. The van der Waals surface area contributed by atoms with Crippen molar-refractivity contribution in [3.63, 3.8) is 0 Å². The molecule has 0 saturated carbocycles. The summed E-state index contributed by atoms with van der Waals surface area (Å²) < 4.78 is 12.4. The third-order valence-electron chi connectivity index (χ3n) is 8.90. The highest BCUT2D eigenvalue weighted by Crippen LogP contribution is 2.48. The van der Waals surface area contributed by atoms with Crippen molar-refractivity contribution in [3.05, 3.63) is 84.7 Å². The number of aromatic nitrogens is 3. The maximum absolute atomic E-state index is 13.7.